The van der Waals surface area contributed by atoms with Crippen LogP contribution in [0.4, 0.5) is 0 Å². The van der Waals surface area contributed by atoms with Gasteiger partial charge in [0.25, 0.3) is 0 Å². The third-order valence-corrected chi connectivity index (χ3v) is 4.16. The Hall–Kier alpha value is -2.44. The standard InChI is InChI=1S/C19H24O6/c20-14(5-1-12-3-7-16(22)18(24)9-12)11-15(21)6-2-13-4-8-17(23)19(25)10-13/h3-4,7-10,14-15,20-25H,1-2,5-6,11H2/t14-,15-/m1/s1. The van der Waals surface area contributed by atoms with Crippen molar-refractivity contribution in [2.24, 2.45) is 0 Å². The summed E-state index contributed by atoms with van der Waals surface area (Å²) in [5.74, 6) is -0.742. The summed E-state index contributed by atoms with van der Waals surface area (Å²) in [5, 5.41) is 57.5. The molecule has 6 N–H and O–H groups in total. The minimum atomic E-state index is -0.681. The van der Waals surface area contributed by atoms with E-state index in [1.165, 1.54) is 24.3 Å². The summed E-state index contributed by atoms with van der Waals surface area (Å²) >= 11 is 0. The van der Waals surface area contributed by atoms with Crippen LogP contribution < -0.4 is 0 Å². The first kappa shape index (κ1) is 18.9. The van der Waals surface area contributed by atoms with Gasteiger partial charge in [-0.1, -0.05) is 12.1 Å². The Morgan fingerprint density at radius 3 is 1.36 bits per heavy atom. The molecule has 0 aliphatic carbocycles. The fourth-order valence-electron chi connectivity index (χ4n) is 2.67. The van der Waals surface area contributed by atoms with Gasteiger partial charge >= 0.3 is 0 Å². The average molecular weight is 348 g/mol. The summed E-state index contributed by atoms with van der Waals surface area (Å²) in [6.45, 7) is 0. The summed E-state index contributed by atoms with van der Waals surface area (Å²) in [4.78, 5) is 0. The summed E-state index contributed by atoms with van der Waals surface area (Å²) in [7, 11) is 0. The van der Waals surface area contributed by atoms with E-state index in [-0.39, 0.29) is 29.4 Å². The van der Waals surface area contributed by atoms with Crippen LogP contribution in [-0.2, 0) is 12.8 Å². The highest BCUT2D eigenvalue weighted by molar-refractivity contribution is 5.41. The largest absolute Gasteiger partial charge is 0.504 e. The quantitative estimate of drug-likeness (QED) is 0.407. The van der Waals surface area contributed by atoms with E-state index < -0.39 is 12.2 Å². The van der Waals surface area contributed by atoms with Gasteiger partial charge < -0.3 is 30.6 Å². The van der Waals surface area contributed by atoms with Crippen LogP contribution in [0.15, 0.2) is 36.4 Å². The summed E-state index contributed by atoms with van der Waals surface area (Å²) in [6, 6.07) is 9.06. The zero-order valence-electron chi connectivity index (χ0n) is 13.8. The van der Waals surface area contributed by atoms with Crippen LogP contribution in [0.5, 0.6) is 23.0 Å². The van der Waals surface area contributed by atoms with Gasteiger partial charge in [-0.05, 0) is 67.5 Å². The number of aliphatic hydroxyl groups is 2. The Morgan fingerprint density at radius 1 is 0.600 bits per heavy atom. The molecule has 2 atom stereocenters. The van der Waals surface area contributed by atoms with Crippen molar-refractivity contribution in [3.05, 3.63) is 47.5 Å². The lowest BCUT2D eigenvalue weighted by Crippen LogP contribution is -2.19. The maximum absolute atomic E-state index is 10.0. The van der Waals surface area contributed by atoms with Gasteiger partial charge in [0.2, 0.25) is 0 Å². The van der Waals surface area contributed by atoms with Crippen molar-refractivity contribution in [3.63, 3.8) is 0 Å². The van der Waals surface area contributed by atoms with Crippen LogP contribution >= 0.6 is 0 Å². The molecule has 0 aliphatic heterocycles. The van der Waals surface area contributed by atoms with Crippen molar-refractivity contribution in [2.75, 3.05) is 0 Å². The average Bonchev–Trinajstić information content (AvgIpc) is 2.57. The van der Waals surface area contributed by atoms with Crippen LogP contribution in [0.3, 0.4) is 0 Å². The predicted molar refractivity (Wildman–Crippen MR) is 92.8 cm³/mol. The molecule has 2 rings (SSSR count). The van der Waals surface area contributed by atoms with Crippen LogP contribution in [-0.4, -0.2) is 42.8 Å². The second-order valence-corrected chi connectivity index (χ2v) is 6.27. The maximum atomic E-state index is 10.0. The Bertz CT molecular complexity index is 641. The highest BCUT2D eigenvalue weighted by Crippen LogP contribution is 2.27. The van der Waals surface area contributed by atoms with Crippen molar-refractivity contribution < 1.29 is 30.6 Å². The molecule has 0 bridgehead atoms. The smallest absolute Gasteiger partial charge is 0.157 e. The molecule has 2 aromatic carbocycles. The van der Waals surface area contributed by atoms with Gasteiger partial charge in [0.05, 0.1) is 12.2 Å². The van der Waals surface area contributed by atoms with Gasteiger partial charge in [-0.2, -0.15) is 0 Å². The molecule has 0 spiro atoms. The third kappa shape index (κ3) is 5.85. The number of phenolic OH excluding ortho intramolecular Hbond substituents is 4. The first-order valence-corrected chi connectivity index (χ1v) is 8.23. The summed E-state index contributed by atoms with van der Waals surface area (Å²) in [6.07, 6.45) is 0.774. The molecule has 136 valence electrons. The number of hydrogen-bond donors (Lipinski definition) is 6. The number of aromatic hydroxyl groups is 4. The topological polar surface area (TPSA) is 121 Å². The number of rotatable bonds is 8. The van der Waals surface area contributed by atoms with Gasteiger partial charge in [-0.15, -0.1) is 0 Å². The molecule has 0 radical (unpaired) electrons. The first-order chi connectivity index (χ1) is 11.8. The van der Waals surface area contributed by atoms with E-state index in [9.17, 15) is 30.6 Å². The summed E-state index contributed by atoms with van der Waals surface area (Å²) in [5.41, 5.74) is 1.59. The SMILES string of the molecule is Oc1ccc(CC[C@@H](O)C[C@H](O)CCc2ccc(O)c(O)c2)cc1O. The molecule has 0 aliphatic rings. The monoisotopic (exact) mass is 348 g/mol. The van der Waals surface area contributed by atoms with Crippen molar-refractivity contribution in [1.29, 1.82) is 0 Å². The van der Waals surface area contributed by atoms with Crippen molar-refractivity contribution in [2.45, 2.75) is 44.3 Å². The van der Waals surface area contributed by atoms with Gasteiger partial charge in [0, 0.05) is 0 Å². The van der Waals surface area contributed by atoms with E-state index in [1.54, 1.807) is 12.1 Å². The molecule has 6 nitrogen and oxygen atoms in total. The Kier molecular flexibility index (Phi) is 6.50. The Morgan fingerprint density at radius 2 is 1.00 bits per heavy atom. The normalized spacial score (nSPS) is 13.5. The summed E-state index contributed by atoms with van der Waals surface area (Å²) < 4.78 is 0. The lowest BCUT2D eigenvalue weighted by molar-refractivity contribution is 0.0714. The zero-order valence-corrected chi connectivity index (χ0v) is 13.8. The van der Waals surface area contributed by atoms with Crippen molar-refractivity contribution in [3.8, 4) is 23.0 Å². The Labute approximate surface area is 146 Å². The number of phenols is 4. The van der Waals surface area contributed by atoms with Crippen LogP contribution in [0.25, 0.3) is 0 Å². The predicted octanol–water partition coefficient (Wildman–Crippen LogP) is 2.19. The van der Waals surface area contributed by atoms with Gasteiger partial charge in [0.1, 0.15) is 0 Å². The lowest BCUT2D eigenvalue weighted by Gasteiger charge is -2.16. The van der Waals surface area contributed by atoms with E-state index in [2.05, 4.69) is 0 Å². The number of hydrogen-bond acceptors (Lipinski definition) is 6. The number of aryl methyl sites for hydroxylation is 2. The molecule has 25 heavy (non-hydrogen) atoms. The molecule has 0 amide bonds. The number of benzene rings is 2. The maximum Gasteiger partial charge on any atom is 0.157 e. The first-order valence-electron chi connectivity index (χ1n) is 8.23. The minimum absolute atomic E-state index is 0.181. The van der Waals surface area contributed by atoms with E-state index in [4.69, 9.17) is 0 Å². The molecule has 0 saturated carbocycles. The molecule has 2 aromatic rings. The highest BCUT2D eigenvalue weighted by Gasteiger charge is 2.13. The minimum Gasteiger partial charge on any atom is -0.504 e. The van der Waals surface area contributed by atoms with E-state index in [0.717, 1.165) is 11.1 Å². The van der Waals surface area contributed by atoms with Crippen molar-refractivity contribution >= 4 is 0 Å². The molecule has 6 heteroatoms. The highest BCUT2D eigenvalue weighted by atomic mass is 16.3. The Balaban J connectivity index is 1.74. The number of aliphatic hydroxyl groups excluding tert-OH is 2. The molecular formula is C19H24O6. The molecular weight excluding hydrogens is 324 g/mol. The van der Waals surface area contributed by atoms with E-state index in [0.29, 0.717) is 25.7 Å². The second-order valence-electron chi connectivity index (χ2n) is 6.27. The lowest BCUT2D eigenvalue weighted by atomic mass is 9.99. The fraction of sp³-hybridized carbons (Fsp3) is 0.368. The fourth-order valence-corrected chi connectivity index (χ4v) is 2.67. The van der Waals surface area contributed by atoms with Crippen molar-refractivity contribution in [1.82, 2.24) is 0 Å². The molecule has 0 unspecified atom stereocenters. The molecule has 0 heterocycles. The van der Waals surface area contributed by atoms with Crippen LogP contribution in [0, 0.1) is 0 Å². The van der Waals surface area contributed by atoms with E-state index in [1.807, 2.05) is 0 Å². The second kappa shape index (κ2) is 8.60. The molecule has 0 fully saturated rings. The van der Waals surface area contributed by atoms with Gasteiger partial charge in [-0.3, -0.25) is 0 Å². The molecule has 0 saturated heterocycles. The van der Waals surface area contributed by atoms with Gasteiger partial charge in [0.15, 0.2) is 23.0 Å². The van der Waals surface area contributed by atoms with E-state index >= 15 is 0 Å². The molecule has 0 aromatic heterocycles. The van der Waals surface area contributed by atoms with Crippen LogP contribution in [0.1, 0.15) is 30.4 Å². The van der Waals surface area contributed by atoms with Gasteiger partial charge in [-0.25, -0.2) is 0 Å². The third-order valence-electron chi connectivity index (χ3n) is 4.16. The van der Waals surface area contributed by atoms with Crippen LogP contribution in [0.2, 0.25) is 0 Å². The zero-order chi connectivity index (χ0) is 18.4.